The van der Waals surface area contributed by atoms with Crippen molar-refractivity contribution in [3.05, 3.63) is 59.1 Å². The van der Waals surface area contributed by atoms with Gasteiger partial charge in [-0.2, -0.15) is 0 Å². The molecule has 0 amide bonds. The average Bonchev–Trinajstić information content (AvgIpc) is 2.75. The molecule has 0 saturated heterocycles. The second-order valence-corrected chi connectivity index (χ2v) is 6.14. The van der Waals surface area contributed by atoms with Gasteiger partial charge in [-0.25, -0.2) is 9.78 Å². The summed E-state index contributed by atoms with van der Waals surface area (Å²) in [4.78, 5) is 16.4. The van der Waals surface area contributed by atoms with E-state index in [2.05, 4.69) is 4.98 Å². The maximum Gasteiger partial charge on any atom is 0.344 e. The van der Waals surface area contributed by atoms with E-state index in [1.54, 1.807) is 12.1 Å². The first-order chi connectivity index (χ1) is 14.3. The Morgan fingerprint density at radius 2 is 1.59 bits per heavy atom. The van der Waals surface area contributed by atoms with Gasteiger partial charge in [0.2, 0.25) is 5.88 Å². The zero-order valence-corrected chi connectivity index (χ0v) is 16.5. The largest absolute Gasteiger partial charge is 0.475 e. The van der Waals surface area contributed by atoms with Gasteiger partial charge >= 0.3 is 5.63 Å². The lowest BCUT2D eigenvalue weighted by Crippen LogP contribution is -2.13. The second-order valence-electron chi connectivity index (χ2n) is 6.14. The highest BCUT2D eigenvalue weighted by atomic mass is 16.6. The maximum atomic E-state index is 12.2. The van der Waals surface area contributed by atoms with E-state index in [1.807, 2.05) is 37.3 Å². The molecule has 154 valence electrons. The van der Waals surface area contributed by atoms with Crippen molar-refractivity contribution in [1.29, 1.82) is 0 Å². The van der Waals surface area contributed by atoms with Crippen molar-refractivity contribution in [3.8, 4) is 17.0 Å². The van der Waals surface area contributed by atoms with Crippen LogP contribution in [0.15, 0.2) is 57.9 Å². The summed E-state index contributed by atoms with van der Waals surface area (Å²) in [7, 11) is 0. The average molecular weight is 399 g/mol. The molecule has 3 rings (SSSR count). The normalized spacial score (nSPS) is 11.1. The van der Waals surface area contributed by atoms with E-state index >= 15 is 0 Å². The van der Waals surface area contributed by atoms with Crippen molar-refractivity contribution in [1.82, 2.24) is 4.98 Å². The fraction of sp³-hybridized carbons (Fsp3) is 0.364. The first-order valence-corrected chi connectivity index (χ1v) is 9.63. The summed E-state index contributed by atoms with van der Waals surface area (Å²) in [5, 5.41) is 0.747. The van der Waals surface area contributed by atoms with Gasteiger partial charge in [0.1, 0.15) is 6.61 Å². The Morgan fingerprint density at radius 3 is 2.31 bits per heavy atom. The van der Waals surface area contributed by atoms with E-state index in [-0.39, 0.29) is 0 Å². The molecule has 0 unspecified atom stereocenters. The summed E-state index contributed by atoms with van der Waals surface area (Å²) in [6.07, 6.45) is 1.49. The summed E-state index contributed by atoms with van der Waals surface area (Å²) in [5.74, 6) is 0.446. The molecule has 0 saturated carbocycles. The molecule has 0 bridgehead atoms. The second kappa shape index (κ2) is 11.3. The van der Waals surface area contributed by atoms with Crippen LogP contribution in [0, 0.1) is 0 Å². The highest BCUT2D eigenvalue weighted by Gasteiger charge is 2.09. The molecule has 7 nitrogen and oxygen atoms in total. The molecular formula is C22H25NO6. The van der Waals surface area contributed by atoms with Gasteiger partial charge in [-0.1, -0.05) is 30.3 Å². The number of fused-ring (bicyclic) bond motifs is 1. The highest BCUT2D eigenvalue weighted by Crippen LogP contribution is 2.22. The van der Waals surface area contributed by atoms with E-state index in [4.69, 9.17) is 23.4 Å². The third-order valence-corrected chi connectivity index (χ3v) is 4.11. The Kier molecular flexibility index (Phi) is 8.18. The van der Waals surface area contributed by atoms with Crippen LogP contribution in [-0.4, -0.2) is 51.2 Å². The Bertz CT molecular complexity index is 941. The van der Waals surface area contributed by atoms with E-state index in [0.29, 0.717) is 63.3 Å². The molecule has 2 aromatic heterocycles. The summed E-state index contributed by atoms with van der Waals surface area (Å²) in [6.45, 7) is 5.60. The van der Waals surface area contributed by atoms with Crippen LogP contribution in [0.5, 0.6) is 5.88 Å². The number of ether oxygens (including phenoxy) is 4. The van der Waals surface area contributed by atoms with Gasteiger partial charge in [0.25, 0.3) is 0 Å². The van der Waals surface area contributed by atoms with Crippen LogP contribution in [0.1, 0.15) is 6.92 Å². The van der Waals surface area contributed by atoms with E-state index in [0.717, 1.165) is 10.9 Å². The minimum atomic E-state index is -0.393. The van der Waals surface area contributed by atoms with Crippen LogP contribution >= 0.6 is 0 Å². The van der Waals surface area contributed by atoms with E-state index in [9.17, 15) is 4.79 Å². The fourth-order valence-electron chi connectivity index (χ4n) is 2.69. The van der Waals surface area contributed by atoms with Crippen LogP contribution in [-0.2, 0) is 14.2 Å². The van der Waals surface area contributed by atoms with Crippen molar-refractivity contribution < 1.29 is 23.4 Å². The van der Waals surface area contributed by atoms with E-state index in [1.165, 1.54) is 6.20 Å². The Morgan fingerprint density at radius 1 is 0.897 bits per heavy atom. The fourth-order valence-corrected chi connectivity index (χ4v) is 2.69. The number of nitrogens with zero attached hydrogens (tertiary/aromatic N) is 1. The van der Waals surface area contributed by atoms with Crippen LogP contribution in [0.4, 0.5) is 0 Å². The van der Waals surface area contributed by atoms with Crippen molar-refractivity contribution in [3.63, 3.8) is 0 Å². The van der Waals surface area contributed by atoms with Crippen LogP contribution in [0.2, 0.25) is 0 Å². The Labute approximate surface area is 169 Å². The molecule has 0 aliphatic carbocycles. The molecule has 0 N–H and O–H groups in total. The monoisotopic (exact) mass is 399 g/mol. The molecule has 0 radical (unpaired) electrons. The number of rotatable bonds is 12. The van der Waals surface area contributed by atoms with Gasteiger partial charge in [0.15, 0.2) is 5.58 Å². The molecule has 0 aliphatic rings. The minimum Gasteiger partial charge on any atom is -0.475 e. The third kappa shape index (κ3) is 6.39. The van der Waals surface area contributed by atoms with Gasteiger partial charge in [-0.05, 0) is 18.6 Å². The topological polar surface area (TPSA) is 80.0 Å². The molecule has 0 aliphatic heterocycles. The van der Waals surface area contributed by atoms with Gasteiger partial charge in [0, 0.05) is 18.1 Å². The molecule has 0 spiro atoms. The van der Waals surface area contributed by atoms with Crippen LogP contribution in [0.3, 0.4) is 0 Å². The van der Waals surface area contributed by atoms with Gasteiger partial charge in [0.05, 0.1) is 44.8 Å². The maximum absolute atomic E-state index is 12.2. The molecule has 0 fully saturated rings. The lowest BCUT2D eigenvalue weighted by molar-refractivity contribution is 0.0111. The summed E-state index contributed by atoms with van der Waals surface area (Å²) >= 11 is 0. The molecule has 29 heavy (non-hydrogen) atoms. The van der Waals surface area contributed by atoms with Crippen LogP contribution < -0.4 is 10.4 Å². The first kappa shape index (κ1) is 21.0. The van der Waals surface area contributed by atoms with Crippen LogP contribution in [0.25, 0.3) is 22.1 Å². The van der Waals surface area contributed by atoms with Gasteiger partial charge in [-0.3, -0.25) is 0 Å². The Balaban J connectivity index is 1.49. The zero-order valence-electron chi connectivity index (χ0n) is 16.5. The Hall–Kier alpha value is -2.74. The van der Waals surface area contributed by atoms with Gasteiger partial charge in [-0.15, -0.1) is 0 Å². The predicted octanol–water partition coefficient (Wildman–Crippen LogP) is 3.30. The predicted molar refractivity (Wildman–Crippen MR) is 109 cm³/mol. The lowest BCUT2D eigenvalue weighted by atomic mass is 10.1. The molecular weight excluding hydrogens is 374 g/mol. The lowest BCUT2D eigenvalue weighted by Gasteiger charge is -2.08. The standard InChI is InChI=1S/C22H25NO6/c1-2-25-8-9-26-10-11-27-12-13-28-21-15-18-14-19(17-6-4-3-5-7-17)22(24)29-20(18)16-23-21/h3-7,14-16H,2,8-13H2,1H3. The summed E-state index contributed by atoms with van der Waals surface area (Å²) in [5.41, 5.74) is 1.33. The van der Waals surface area contributed by atoms with Crippen molar-refractivity contribution in [2.45, 2.75) is 6.92 Å². The number of benzene rings is 1. The highest BCUT2D eigenvalue weighted by molar-refractivity contribution is 5.81. The first-order valence-electron chi connectivity index (χ1n) is 9.63. The SMILES string of the molecule is CCOCCOCCOCCOc1cc2cc(-c3ccccc3)c(=O)oc2cn1. The minimum absolute atomic E-state index is 0.361. The number of hydrogen-bond acceptors (Lipinski definition) is 7. The summed E-state index contributed by atoms with van der Waals surface area (Å²) < 4.78 is 27.0. The summed E-state index contributed by atoms with van der Waals surface area (Å²) in [6, 6.07) is 12.9. The molecule has 7 heteroatoms. The molecule has 2 heterocycles. The number of hydrogen-bond donors (Lipinski definition) is 0. The van der Waals surface area contributed by atoms with Gasteiger partial charge < -0.3 is 23.4 Å². The third-order valence-electron chi connectivity index (χ3n) is 4.11. The van der Waals surface area contributed by atoms with Crippen molar-refractivity contribution in [2.24, 2.45) is 0 Å². The van der Waals surface area contributed by atoms with Crippen molar-refractivity contribution >= 4 is 11.0 Å². The number of aromatic nitrogens is 1. The number of pyridine rings is 1. The molecule has 3 aromatic rings. The molecule has 0 atom stereocenters. The van der Waals surface area contributed by atoms with E-state index < -0.39 is 5.63 Å². The van der Waals surface area contributed by atoms with Crippen molar-refractivity contribution in [2.75, 3.05) is 46.2 Å². The zero-order chi connectivity index (χ0) is 20.3. The quantitative estimate of drug-likeness (QED) is 0.432. The molecule has 1 aromatic carbocycles. The smallest absolute Gasteiger partial charge is 0.344 e.